The summed E-state index contributed by atoms with van der Waals surface area (Å²) in [5, 5.41) is 0. The molecule has 0 bridgehead atoms. The monoisotopic (exact) mass is 312 g/mol. The van der Waals surface area contributed by atoms with Crippen molar-refractivity contribution in [3.63, 3.8) is 0 Å². The van der Waals surface area contributed by atoms with Gasteiger partial charge < -0.3 is 14.4 Å². The zero-order chi connectivity index (χ0) is 16.6. The van der Waals surface area contributed by atoms with Crippen LogP contribution in [0.15, 0.2) is 12.1 Å². The third-order valence-electron chi connectivity index (χ3n) is 4.51. The molecule has 2 heterocycles. The van der Waals surface area contributed by atoms with Gasteiger partial charge in [0.25, 0.3) is 0 Å². The van der Waals surface area contributed by atoms with Crippen molar-refractivity contribution in [1.82, 2.24) is 4.90 Å². The van der Waals surface area contributed by atoms with Crippen molar-refractivity contribution >= 4 is 19.8 Å². The van der Waals surface area contributed by atoms with E-state index < -0.39 is 5.60 Å². The molecular formula is C18H25BN2O2. The lowest BCUT2D eigenvalue weighted by Gasteiger charge is -2.29. The summed E-state index contributed by atoms with van der Waals surface area (Å²) in [6.45, 7) is 8.04. The van der Waals surface area contributed by atoms with E-state index in [0.29, 0.717) is 13.1 Å². The Labute approximate surface area is 140 Å². The molecule has 0 N–H and O–H groups in total. The van der Waals surface area contributed by atoms with Gasteiger partial charge in [0.2, 0.25) is 7.98 Å². The molecule has 1 aromatic rings. The Kier molecular flexibility index (Phi) is 4.30. The first-order valence-electron chi connectivity index (χ1n) is 8.48. The molecule has 0 aliphatic carbocycles. The van der Waals surface area contributed by atoms with Crippen molar-refractivity contribution in [2.45, 2.75) is 52.1 Å². The molecule has 0 aromatic heterocycles. The predicted octanol–water partition coefficient (Wildman–Crippen LogP) is 2.86. The van der Waals surface area contributed by atoms with Gasteiger partial charge >= 0.3 is 6.09 Å². The van der Waals surface area contributed by atoms with E-state index in [1.54, 1.807) is 0 Å². The Morgan fingerprint density at radius 3 is 2.35 bits per heavy atom. The Morgan fingerprint density at radius 2 is 1.70 bits per heavy atom. The largest absolute Gasteiger partial charge is 0.444 e. The molecule has 5 heteroatoms. The predicted molar refractivity (Wildman–Crippen MR) is 93.1 cm³/mol. The molecule has 0 saturated carbocycles. The van der Waals surface area contributed by atoms with Crippen LogP contribution in [-0.4, -0.2) is 44.2 Å². The van der Waals surface area contributed by atoms with Gasteiger partial charge in [0.05, 0.1) is 0 Å². The Bertz CT molecular complexity index is 610. The van der Waals surface area contributed by atoms with E-state index in [4.69, 9.17) is 12.7 Å². The number of nitrogens with zero attached hydrogens (tertiary/aromatic N) is 2. The van der Waals surface area contributed by atoms with Gasteiger partial charge in [0, 0.05) is 25.3 Å². The van der Waals surface area contributed by atoms with Crippen LogP contribution >= 0.6 is 0 Å². The first-order valence-corrected chi connectivity index (χ1v) is 8.48. The first-order chi connectivity index (χ1) is 10.8. The molecule has 23 heavy (non-hydrogen) atoms. The number of carbonyl (C=O) groups excluding carboxylic acids is 1. The van der Waals surface area contributed by atoms with Gasteiger partial charge in [-0.3, -0.25) is 0 Å². The van der Waals surface area contributed by atoms with Gasteiger partial charge in [-0.05, 0) is 69.2 Å². The third kappa shape index (κ3) is 3.65. The molecule has 0 fully saturated rings. The number of hydrogen-bond acceptors (Lipinski definition) is 3. The smallest absolute Gasteiger partial charge is 0.410 e. The highest BCUT2D eigenvalue weighted by Crippen LogP contribution is 2.31. The fourth-order valence-corrected chi connectivity index (χ4v) is 3.35. The van der Waals surface area contributed by atoms with E-state index in [9.17, 15) is 4.79 Å². The molecule has 0 spiro atoms. The van der Waals surface area contributed by atoms with E-state index in [-0.39, 0.29) is 6.09 Å². The average Bonchev–Trinajstić information content (AvgIpc) is 2.66. The average molecular weight is 312 g/mol. The maximum Gasteiger partial charge on any atom is 0.410 e. The van der Waals surface area contributed by atoms with Crippen LogP contribution in [0.3, 0.4) is 0 Å². The van der Waals surface area contributed by atoms with Crippen molar-refractivity contribution in [3.05, 3.63) is 28.8 Å². The number of amides is 1. The van der Waals surface area contributed by atoms with Crippen LogP contribution in [0.4, 0.5) is 10.5 Å². The second-order valence-electron chi connectivity index (χ2n) is 7.51. The van der Waals surface area contributed by atoms with Crippen LogP contribution in [0.5, 0.6) is 0 Å². The summed E-state index contributed by atoms with van der Waals surface area (Å²) in [7, 11) is 6.11. The van der Waals surface area contributed by atoms with Crippen LogP contribution in [0, 0.1) is 0 Å². The van der Waals surface area contributed by atoms with Gasteiger partial charge in [-0.2, -0.15) is 0 Å². The van der Waals surface area contributed by atoms with E-state index in [1.165, 1.54) is 16.7 Å². The van der Waals surface area contributed by atoms with E-state index >= 15 is 0 Å². The number of rotatable bonds is 0. The summed E-state index contributed by atoms with van der Waals surface area (Å²) in [5.74, 6) is 0. The van der Waals surface area contributed by atoms with Gasteiger partial charge in [0.15, 0.2) is 0 Å². The fourth-order valence-electron chi connectivity index (χ4n) is 3.35. The minimum Gasteiger partial charge on any atom is -0.444 e. The molecule has 4 nitrogen and oxygen atoms in total. The SMILES string of the molecule is [B]N1CCCc2cc3c(cc21)CCN(C(=O)OC(C)(C)C)CC3. The van der Waals surface area contributed by atoms with Crippen molar-refractivity contribution in [2.75, 3.05) is 24.4 Å². The number of ether oxygens (including phenoxy) is 1. The molecule has 1 amide bonds. The number of hydrogen-bond donors (Lipinski definition) is 0. The molecule has 122 valence electrons. The highest BCUT2D eigenvalue weighted by molar-refractivity contribution is 6.18. The Hall–Kier alpha value is -1.65. The van der Waals surface area contributed by atoms with Crippen molar-refractivity contribution < 1.29 is 9.53 Å². The lowest BCUT2D eigenvalue weighted by molar-refractivity contribution is 0.0258. The number of fused-ring (bicyclic) bond motifs is 2. The minimum absolute atomic E-state index is 0.212. The van der Waals surface area contributed by atoms with Crippen molar-refractivity contribution in [3.8, 4) is 0 Å². The van der Waals surface area contributed by atoms with Crippen LogP contribution in [0.2, 0.25) is 0 Å². The second-order valence-corrected chi connectivity index (χ2v) is 7.51. The number of benzene rings is 1. The number of aryl methyl sites for hydroxylation is 1. The van der Waals surface area contributed by atoms with E-state index in [0.717, 1.165) is 37.9 Å². The molecule has 2 aliphatic heterocycles. The summed E-state index contributed by atoms with van der Waals surface area (Å²) in [6.07, 6.45) is 3.72. The van der Waals surface area contributed by atoms with Crippen molar-refractivity contribution in [1.29, 1.82) is 0 Å². The second kappa shape index (κ2) is 6.10. The fraction of sp³-hybridized carbons (Fsp3) is 0.611. The van der Waals surface area contributed by atoms with Gasteiger partial charge in [-0.25, -0.2) is 4.79 Å². The molecule has 0 unspecified atom stereocenters. The van der Waals surface area contributed by atoms with E-state index in [2.05, 4.69) is 12.1 Å². The molecule has 2 aliphatic rings. The van der Waals surface area contributed by atoms with Gasteiger partial charge in [-0.15, -0.1) is 0 Å². The lowest BCUT2D eigenvalue weighted by Crippen LogP contribution is -2.38. The van der Waals surface area contributed by atoms with Crippen LogP contribution in [0.25, 0.3) is 0 Å². The molecule has 1 aromatic carbocycles. The topological polar surface area (TPSA) is 32.8 Å². The summed E-state index contributed by atoms with van der Waals surface area (Å²) < 4.78 is 5.51. The third-order valence-corrected chi connectivity index (χ3v) is 4.51. The standard InChI is InChI=1S/C18H25BN2O2/c1-18(2,3)23-17(22)20-9-6-13-11-15-5-4-8-21(19)16(15)12-14(13)7-10-20/h11-12H,4-10H2,1-3H3. The lowest BCUT2D eigenvalue weighted by atomic mass is 9.92. The minimum atomic E-state index is -0.449. The maximum atomic E-state index is 12.3. The number of anilines is 1. The molecule has 0 atom stereocenters. The highest BCUT2D eigenvalue weighted by atomic mass is 16.6. The molecule has 2 radical (unpaired) electrons. The first kappa shape index (κ1) is 16.2. The molecule has 0 saturated heterocycles. The normalized spacial score (nSPS) is 18.0. The maximum absolute atomic E-state index is 12.3. The van der Waals surface area contributed by atoms with Crippen molar-refractivity contribution in [2.24, 2.45) is 0 Å². The summed E-state index contributed by atoms with van der Waals surface area (Å²) in [4.78, 5) is 16.0. The summed E-state index contributed by atoms with van der Waals surface area (Å²) in [6, 6.07) is 4.52. The van der Waals surface area contributed by atoms with Crippen LogP contribution in [-0.2, 0) is 24.0 Å². The quantitative estimate of drug-likeness (QED) is 0.691. The van der Waals surface area contributed by atoms with E-state index in [1.807, 2.05) is 30.5 Å². The summed E-state index contributed by atoms with van der Waals surface area (Å²) in [5.41, 5.74) is 4.70. The van der Waals surface area contributed by atoms with Gasteiger partial charge in [0.1, 0.15) is 5.60 Å². The molecule has 3 rings (SSSR count). The highest BCUT2D eigenvalue weighted by Gasteiger charge is 2.25. The van der Waals surface area contributed by atoms with Crippen LogP contribution < -0.4 is 4.81 Å². The Morgan fingerprint density at radius 1 is 1.04 bits per heavy atom. The molecular weight excluding hydrogens is 287 g/mol. The van der Waals surface area contributed by atoms with Crippen LogP contribution in [0.1, 0.15) is 43.9 Å². The Balaban J connectivity index is 1.77. The summed E-state index contributed by atoms with van der Waals surface area (Å²) >= 11 is 0. The number of carbonyl (C=O) groups is 1. The zero-order valence-electron chi connectivity index (χ0n) is 14.4. The van der Waals surface area contributed by atoms with Gasteiger partial charge in [-0.1, -0.05) is 6.07 Å². The zero-order valence-corrected chi connectivity index (χ0v) is 14.4.